The number of nitrogens with two attached hydrogens (primary N) is 2. The zero-order chi connectivity index (χ0) is 21.3. The quantitative estimate of drug-likeness (QED) is 0.269. The van der Waals surface area contributed by atoms with Crippen LogP contribution in [0.2, 0.25) is 0 Å². The van der Waals surface area contributed by atoms with Crippen molar-refractivity contribution in [2.24, 2.45) is 17.5 Å². The number of aliphatic hydroxyl groups excluding tert-OH is 1. The van der Waals surface area contributed by atoms with E-state index in [2.05, 4.69) is 15.3 Å². The van der Waals surface area contributed by atoms with Gasteiger partial charge in [0.1, 0.15) is 18.7 Å². The zero-order valence-electron chi connectivity index (χ0n) is 16.8. The molecular weight excluding hydrogens is 362 g/mol. The number of hydrazine groups is 1. The van der Waals surface area contributed by atoms with Crippen molar-refractivity contribution >= 4 is 17.9 Å². The molecule has 10 heteroatoms. The van der Waals surface area contributed by atoms with Gasteiger partial charge in [-0.25, -0.2) is 15.8 Å². The smallest absolute Gasteiger partial charge is 0.237 e. The maximum absolute atomic E-state index is 11.1. The van der Waals surface area contributed by atoms with E-state index < -0.39 is 6.04 Å². The van der Waals surface area contributed by atoms with Gasteiger partial charge < -0.3 is 26.0 Å². The Labute approximate surface area is 165 Å². The molecule has 156 valence electrons. The third kappa shape index (κ3) is 6.87. The summed E-state index contributed by atoms with van der Waals surface area (Å²) in [6.45, 7) is 4.42. The summed E-state index contributed by atoms with van der Waals surface area (Å²) in [7, 11) is 3.46. The minimum Gasteiger partial charge on any atom is -0.397 e. The van der Waals surface area contributed by atoms with Gasteiger partial charge in [0.25, 0.3) is 0 Å². The number of likely N-dealkylation sites (N-methyl/N-ethyl adjacent to an activating group) is 2. The lowest BCUT2D eigenvalue weighted by molar-refractivity contribution is -0.124. The number of hydrogen-bond donors (Lipinski definition) is 4. The van der Waals surface area contributed by atoms with Gasteiger partial charge >= 0.3 is 0 Å². The Morgan fingerprint density at radius 2 is 2.04 bits per heavy atom. The number of nitrogens with zero attached hydrogens (tertiary/aromatic N) is 4. The van der Waals surface area contributed by atoms with Crippen molar-refractivity contribution in [2.45, 2.75) is 38.5 Å². The second-order valence-corrected chi connectivity index (χ2v) is 6.99. The first-order valence-corrected chi connectivity index (χ1v) is 9.02. The third-order valence-electron chi connectivity index (χ3n) is 4.42. The van der Waals surface area contributed by atoms with E-state index in [4.69, 9.17) is 11.6 Å². The van der Waals surface area contributed by atoms with Crippen LogP contribution < -0.4 is 16.9 Å². The van der Waals surface area contributed by atoms with Crippen LogP contribution >= 0.6 is 0 Å². The minimum absolute atomic E-state index is 0.0101. The molecular formula is C18H31N7O3. The van der Waals surface area contributed by atoms with Gasteiger partial charge in [0, 0.05) is 37.7 Å². The number of likely N-dealkylation sites (tertiary alicyclic amines) is 1. The summed E-state index contributed by atoms with van der Waals surface area (Å²) in [4.78, 5) is 31.6. The molecule has 1 aromatic rings. The highest BCUT2D eigenvalue weighted by Crippen LogP contribution is 2.15. The second kappa shape index (κ2) is 11.3. The lowest BCUT2D eigenvalue weighted by Crippen LogP contribution is -2.41. The van der Waals surface area contributed by atoms with Crippen molar-refractivity contribution in [3.05, 3.63) is 30.5 Å². The first-order chi connectivity index (χ1) is 13.2. The van der Waals surface area contributed by atoms with E-state index in [0.29, 0.717) is 24.2 Å². The first kappa shape index (κ1) is 23.5. The summed E-state index contributed by atoms with van der Waals surface area (Å²) in [5, 5.41) is 13.1. The molecule has 0 aromatic carbocycles. The first-order valence-electron chi connectivity index (χ1n) is 9.02. The van der Waals surface area contributed by atoms with Crippen LogP contribution in [0.4, 0.5) is 0 Å². The van der Waals surface area contributed by atoms with Crippen molar-refractivity contribution in [1.29, 1.82) is 0 Å². The highest BCUT2D eigenvalue weighted by atomic mass is 16.3. The molecule has 1 aromatic heterocycles. The molecule has 0 bridgehead atoms. The molecule has 3 atom stereocenters. The molecule has 2 heterocycles. The van der Waals surface area contributed by atoms with Gasteiger partial charge in [-0.15, -0.1) is 0 Å². The molecule has 1 saturated heterocycles. The number of carbonyl (C=O) groups is 2. The van der Waals surface area contributed by atoms with Crippen LogP contribution in [0.5, 0.6) is 0 Å². The summed E-state index contributed by atoms with van der Waals surface area (Å²) >= 11 is 0. The van der Waals surface area contributed by atoms with Gasteiger partial charge in [-0.3, -0.25) is 9.69 Å². The van der Waals surface area contributed by atoms with Crippen LogP contribution in [-0.2, 0) is 9.59 Å². The minimum atomic E-state index is -0.404. The molecule has 1 aliphatic rings. The number of rotatable bonds is 6. The van der Waals surface area contributed by atoms with Gasteiger partial charge in [-0.2, -0.15) is 0 Å². The molecule has 10 nitrogen and oxygen atoms in total. The lowest BCUT2D eigenvalue weighted by atomic mass is 10.1. The van der Waals surface area contributed by atoms with Crippen LogP contribution in [-0.4, -0.2) is 76.0 Å². The molecule has 2 rings (SSSR count). The Kier molecular flexibility index (Phi) is 9.49. The van der Waals surface area contributed by atoms with Crippen LogP contribution in [0.15, 0.2) is 24.9 Å². The van der Waals surface area contributed by atoms with E-state index in [9.17, 15) is 14.7 Å². The average Bonchev–Trinajstić information content (AvgIpc) is 3.00. The lowest BCUT2D eigenvalue weighted by Gasteiger charge is -2.24. The van der Waals surface area contributed by atoms with Gasteiger partial charge in [-0.1, -0.05) is 13.8 Å². The SMILES string of the molecule is CC(C)C(C=O)N(N)/C=C(\N)c1cncnc1.CNC(=O)C1CC(O)CN1C. The predicted molar refractivity (Wildman–Crippen MR) is 106 cm³/mol. The van der Waals surface area contributed by atoms with Crippen LogP contribution in [0.1, 0.15) is 25.8 Å². The average molecular weight is 393 g/mol. The Balaban J connectivity index is 0.000000307. The fourth-order valence-corrected chi connectivity index (χ4v) is 2.79. The normalized spacial score (nSPS) is 20.9. The molecule has 0 radical (unpaired) electrons. The van der Waals surface area contributed by atoms with Gasteiger partial charge in [0.05, 0.1) is 17.8 Å². The van der Waals surface area contributed by atoms with Gasteiger partial charge in [-0.05, 0) is 19.4 Å². The van der Waals surface area contributed by atoms with Crippen LogP contribution in [0, 0.1) is 5.92 Å². The number of aromatic nitrogens is 2. The Morgan fingerprint density at radius 1 is 1.43 bits per heavy atom. The number of amides is 1. The number of β-amino-alcohol motifs (C(OH)–C–C–N with tert-alkyl or cyclic N) is 1. The highest BCUT2D eigenvalue weighted by molar-refractivity contribution is 5.81. The van der Waals surface area contributed by atoms with E-state index in [0.717, 1.165) is 6.29 Å². The summed E-state index contributed by atoms with van der Waals surface area (Å²) in [5.41, 5.74) is 6.91. The Bertz CT molecular complexity index is 654. The number of carbonyl (C=O) groups excluding carboxylic acids is 2. The van der Waals surface area contributed by atoms with Crippen molar-refractivity contribution in [3.8, 4) is 0 Å². The predicted octanol–water partition coefficient (Wildman–Crippen LogP) is -1.07. The third-order valence-corrected chi connectivity index (χ3v) is 4.42. The standard InChI is InChI=1S/C11H17N5O.C7H14N2O2/c1-8(2)11(6-17)16(13)5-10(12)9-3-14-7-15-4-9;1-8-7(11)6-3-5(10)4-9(6)2/h3-8,11H,12-13H2,1-2H3;5-6,10H,3-4H2,1-2H3,(H,8,11)/b10-5-;. The van der Waals surface area contributed by atoms with Crippen molar-refractivity contribution in [1.82, 2.24) is 25.2 Å². The molecule has 0 aliphatic carbocycles. The van der Waals surface area contributed by atoms with E-state index in [-0.39, 0.29) is 24.0 Å². The van der Waals surface area contributed by atoms with E-state index >= 15 is 0 Å². The number of hydrogen-bond acceptors (Lipinski definition) is 9. The van der Waals surface area contributed by atoms with Crippen LogP contribution in [0.25, 0.3) is 5.70 Å². The number of aliphatic hydroxyl groups is 1. The maximum atomic E-state index is 11.1. The van der Waals surface area contributed by atoms with Crippen molar-refractivity contribution in [3.63, 3.8) is 0 Å². The molecule has 1 aliphatic heterocycles. The summed E-state index contributed by atoms with van der Waals surface area (Å²) in [6, 6.07) is -0.548. The largest absolute Gasteiger partial charge is 0.397 e. The summed E-state index contributed by atoms with van der Waals surface area (Å²) < 4.78 is 0. The van der Waals surface area contributed by atoms with Gasteiger partial charge in [0.15, 0.2) is 0 Å². The summed E-state index contributed by atoms with van der Waals surface area (Å²) in [6.07, 6.45) is 7.10. The molecule has 1 fully saturated rings. The Hall–Kier alpha value is -2.56. The molecule has 0 saturated carbocycles. The monoisotopic (exact) mass is 393 g/mol. The van der Waals surface area contributed by atoms with Gasteiger partial charge in [0.2, 0.25) is 5.91 Å². The van der Waals surface area contributed by atoms with Crippen molar-refractivity contribution in [2.75, 3.05) is 20.6 Å². The van der Waals surface area contributed by atoms with E-state index in [1.165, 1.54) is 17.5 Å². The highest BCUT2D eigenvalue weighted by Gasteiger charge is 2.32. The fourth-order valence-electron chi connectivity index (χ4n) is 2.79. The fraction of sp³-hybridized carbons (Fsp3) is 0.556. The second-order valence-electron chi connectivity index (χ2n) is 6.99. The van der Waals surface area contributed by atoms with E-state index in [1.54, 1.807) is 19.4 Å². The van der Waals surface area contributed by atoms with Crippen LogP contribution in [0.3, 0.4) is 0 Å². The Morgan fingerprint density at radius 3 is 2.46 bits per heavy atom. The molecule has 3 unspecified atom stereocenters. The molecule has 1 amide bonds. The number of aldehydes is 1. The van der Waals surface area contributed by atoms with E-state index in [1.807, 2.05) is 25.8 Å². The number of nitrogens with one attached hydrogen (secondary N) is 1. The van der Waals surface area contributed by atoms with Crippen molar-refractivity contribution < 1.29 is 14.7 Å². The topological polar surface area (TPSA) is 151 Å². The molecule has 0 spiro atoms. The molecule has 6 N–H and O–H groups in total. The summed E-state index contributed by atoms with van der Waals surface area (Å²) in [5.74, 6) is 5.87. The zero-order valence-corrected chi connectivity index (χ0v) is 16.8. The maximum Gasteiger partial charge on any atom is 0.237 e. The molecule has 28 heavy (non-hydrogen) atoms.